The van der Waals surface area contributed by atoms with Crippen LogP contribution < -0.4 is 14.8 Å². The third kappa shape index (κ3) is 6.12. The summed E-state index contributed by atoms with van der Waals surface area (Å²) in [5, 5.41) is 3.32. The topological polar surface area (TPSA) is 30.5 Å². The molecule has 0 radical (unpaired) electrons. The summed E-state index contributed by atoms with van der Waals surface area (Å²) < 4.78 is 11.6. The monoisotopic (exact) mass is 367 g/mol. The van der Waals surface area contributed by atoms with Gasteiger partial charge in [0, 0.05) is 18.3 Å². The number of hydrogen-bond acceptors (Lipinski definition) is 3. The van der Waals surface area contributed by atoms with Gasteiger partial charge in [-0.2, -0.15) is 0 Å². The molecule has 0 aliphatic heterocycles. The van der Waals surface area contributed by atoms with Gasteiger partial charge in [0.15, 0.2) is 0 Å². The molecule has 138 valence electrons. The highest BCUT2D eigenvalue weighted by Gasteiger charge is 1.98. The largest absolute Gasteiger partial charge is 0.457 e. The molecule has 28 heavy (non-hydrogen) atoms. The standard InChI is InChI=1S/C25H21NO2/c1-2-10-22(27-23-11-5-3-6-12-23)15-9-20-26-21-16-18-25(19-17-21)28-24-13-7-4-8-14-24/h1,3-19,26H,20H2/b15-9-,22-10+. The van der Waals surface area contributed by atoms with Crippen LogP contribution >= 0.6 is 0 Å². The van der Waals surface area contributed by atoms with Gasteiger partial charge in [0.2, 0.25) is 0 Å². The molecule has 0 aliphatic rings. The van der Waals surface area contributed by atoms with Crippen LogP contribution in [0.1, 0.15) is 0 Å². The van der Waals surface area contributed by atoms with Crippen LogP contribution in [0.5, 0.6) is 17.2 Å². The van der Waals surface area contributed by atoms with Gasteiger partial charge >= 0.3 is 0 Å². The first-order chi connectivity index (χ1) is 13.8. The highest BCUT2D eigenvalue weighted by Crippen LogP contribution is 2.22. The van der Waals surface area contributed by atoms with Crippen LogP contribution in [0.2, 0.25) is 0 Å². The molecule has 3 rings (SSSR count). The zero-order chi connectivity index (χ0) is 19.4. The molecule has 0 saturated carbocycles. The van der Waals surface area contributed by atoms with Crippen molar-refractivity contribution in [2.45, 2.75) is 0 Å². The average molecular weight is 367 g/mol. The highest BCUT2D eigenvalue weighted by molar-refractivity contribution is 5.47. The molecule has 0 aromatic heterocycles. The molecule has 0 atom stereocenters. The van der Waals surface area contributed by atoms with Crippen LogP contribution in [0.3, 0.4) is 0 Å². The summed E-state index contributed by atoms with van der Waals surface area (Å²) in [5.41, 5.74) is 0.997. The summed E-state index contributed by atoms with van der Waals surface area (Å²) in [7, 11) is 0. The Morgan fingerprint density at radius 2 is 1.43 bits per heavy atom. The lowest BCUT2D eigenvalue weighted by molar-refractivity contribution is 0.445. The van der Waals surface area contributed by atoms with Gasteiger partial charge in [0.05, 0.1) is 0 Å². The van der Waals surface area contributed by atoms with Crippen molar-refractivity contribution in [2.24, 2.45) is 0 Å². The molecule has 0 amide bonds. The van der Waals surface area contributed by atoms with Gasteiger partial charge in [-0.1, -0.05) is 48.4 Å². The van der Waals surface area contributed by atoms with Crippen LogP contribution in [0, 0.1) is 12.3 Å². The minimum atomic E-state index is 0.613. The molecule has 3 heteroatoms. The Bertz CT molecular complexity index is 953. The minimum Gasteiger partial charge on any atom is -0.457 e. The van der Waals surface area contributed by atoms with E-state index in [-0.39, 0.29) is 0 Å². The third-order valence-electron chi connectivity index (χ3n) is 3.74. The zero-order valence-corrected chi connectivity index (χ0v) is 15.4. The lowest BCUT2D eigenvalue weighted by atomic mass is 10.3. The maximum atomic E-state index is 5.79. The molecule has 0 unspecified atom stereocenters. The average Bonchev–Trinajstić information content (AvgIpc) is 2.74. The van der Waals surface area contributed by atoms with Crippen molar-refractivity contribution in [1.29, 1.82) is 0 Å². The van der Waals surface area contributed by atoms with Crippen LogP contribution in [-0.4, -0.2) is 6.54 Å². The number of anilines is 1. The van der Waals surface area contributed by atoms with Gasteiger partial charge in [-0.3, -0.25) is 0 Å². The number of allylic oxidation sites excluding steroid dienone is 2. The van der Waals surface area contributed by atoms with E-state index in [2.05, 4.69) is 11.2 Å². The summed E-state index contributed by atoms with van der Waals surface area (Å²) in [6.07, 6.45) is 10.8. The van der Waals surface area contributed by atoms with Crippen molar-refractivity contribution >= 4 is 5.69 Å². The first kappa shape index (κ1) is 18.9. The van der Waals surface area contributed by atoms with Gasteiger partial charge in [-0.05, 0) is 54.6 Å². The van der Waals surface area contributed by atoms with Crippen LogP contribution in [0.25, 0.3) is 0 Å². The van der Waals surface area contributed by atoms with Crippen LogP contribution in [0.4, 0.5) is 5.69 Å². The lowest BCUT2D eigenvalue weighted by Crippen LogP contribution is -1.99. The van der Waals surface area contributed by atoms with Crippen molar-refractivity contribution < 1.29 is 9.47 Å². The van der Waals surface area contributed by atoms with Gasteiger partial charge in [-0.15, -0.1) is 6.42 Å². The van der Waals surface area contributed by atoms with Gasteiger partial charge < -0.3 is 14.8 Å². The van der Waals surface area contributed by atoms with Crippen molar-refractivity contribution in [1.82, 2.24) is 0 Å². The lowest BCUT2D eigenvalue weighted by Gasteiger charge is -2.08. The van der Waals surface area contributed by atoms with E-state index in [0.29, 0.717) is 12.3 Å². The Morgan fingerprint density at radius 3 is 2.07 bits per heavy atom. The Morgan fingerprint density at radius 1 is 0.821 bits per heavy atom. The number of nitrogens with one attached hydrogen (secondary N) is 1. The van der Waals surface area contributed by atoms with E-state index in [9.17, 15) is 0 Å². The number of ether oxygens (including phenoxy) is 2. The number of benzene rings is 3. The summed E-state index contributed by atoms with van der Waals surface area (Å²) in [4.78, 5) is 0. The molecule has 1 N–H and O–H groups in total. The molecule has 0 bridgehead atoms. The fraction of sp³-hybridized carbons (Fsp3) is 0.0400. The van der Waals surface area contributed by atoms with Gasteiger partial charge in [0.1, 0.15) is 23.0 Å². The predicted molar refractivity (Wildman–Crippen MR) is 115 cm³/mol. The molecule has 3 aromatic carbocycles. The SMILES string of the molecule is C#C/C=C(\C=C/CNc1ccc(Oc2ccccc2)cc1)Oc1ccccc1. The molecule has 0 heterocycles. The molecule has 0 spiro atoms. The minimum absolute atomic E-state index is 0.613. The first-order valence-corrected chi connectivity index (χ1v) is 8.96. The van der Waals surface area contributed by atoms with Crippen molar-refractivity contribution in [3.8, 4) is 29.6 Å². The van der Waals surface area contributed by atoms with Crippen LogP contribution in [0.15, 0.2) is 109 Å². The van der Waals surface area contributed by atoms with E-state index in [0.717, 1.165) is 22.9 Å². The van der Waals surface area contributed by atoms with E-state index in [1.165, 1.54) is 0 Å². The number of terminal acetylenes is 1. The maximum Gasteiger partial charge on any atom is 0.135 e. The van der Waals surface area contributed by atoms with Crippen molar-refractivity contribution in [3.63, 3.8) is 0 Å². The smallest absolute Gasteiger partial charge is 0.135 e. The molecule has 0 fully saturated rings. The predicted octanol–water partition coefficient (Wildman–Crippen LogP) is 6.04. The Hall–Kier alpha value is -3.90. The quantitative estimate of drug-likeness (QED) is 0.299. The van der Waals surface area contributed by atoms with Gasteiger partial charge in [-0.25, -0.2) is 0 Å². The molecular formula is C25H21NO2. The van der Waals surface area contributed by atoms with E-state index in [1.54, 1.807) is 6.08 Å². The summed E-state index contributed by atoms with van der Waals surface area (Å²) in [5.74, 6) is 5.47. The maximum absolute atomic E-state index is 5.79. The van der Waals surface area contributed by atoms with E-state index in [4.69, 9.17) is 15.9 Å². The van der Waals surface area contributed by atoms with E-state index in [1.807, 2.05) is 97.1 Å². The summed E-state index contributed by atoms with van der Waals surface area (Å²) in [6, 6.07) is 27.1. The third-order valence-corrected chi connectivity index (χ3v) is 3.74. The molecular weight excluding hydrogens is 346 g/mol. The van der Waals surface area contributed by atoms with Crippen molar-refractivity contribution in [3.05, 3.63) is 109 Å². The molecule has 3 aromatic rings. The van der Waals surface area contributed by atoms with Gasteiger partial charge in [0.25, 0.3) is 0 Å². The number of hydrogen-bond donors (Lipinski definition) is 1. The van der Waals surface area contributed by atoms with E-state index >= 15 is 0 Å². The highest BCUT2D eigenvalue weighted by atomic mass is 16.5. The number of para-hydroxylation sites is 2. The fourth-order valence-electron chi connectivity index (χ4n) is 2.44. The second-order valence-corrected chi connectivity index (χ2v) is 5.85. The molecule has 3 nitrogen and oxygen atoms in total. The van der Waals surface area contributed by atoms with Crippen molar-refractivity contribution in [2.75, 3.05) is 11.9 Å². The number of rotatable bonds is 8. The zero-order valence-electron chi connectivity index (χ0n) is 15.4. The Kier molecular flexibility index (Phi) is 6.94. The fourth-order valence-corrected chi connectivity index (χ4v) is 2.44. The normalized spacial score (nSPS) is 11.0. The summed E-state index contributed by atoms with van der Waals surface area (Å²) in [6.45, 7) is 0.638. The summed E-state index contributed by atoms with van der Waals surface area (Å²) >= 11 is 0. The van der Waals surface area contributed by atoms with E-state index < -0.39 is 0 Å². The Balaban J connectivity index is 1.50. The molecule has 0 saturated heterocycles. The van der Waals surface area contributed by atoms with Crippen LogP contribution in [-0.2, 0) is 0 Å². The Labute approximate surface area is 165 Å². The second kappa shape index (κ2) is 10.3. The second-order valence-electron chi connectivity index (χ2n) is 5.85. The first-order valence-electron chi connectivity index (χ1n) is 8.96. The molecule has 0 aliphatic carbocycles.